The molecule has 1 amide bonds. The molecule has 2 atom stereocenters. The molecule has 0 bridgehead atoms. The summed E-state index contributed by atoms with van der Waals surface area (Å²) >= 11 is 0. The van der Waals surface area contributed by atoms with Gasteiger partial charge in [-0.2, -0.15) is 10.2 Å². The molecule has 8 nitrogen and oxygen atoms in total. The standard InChI is InChI=1S/C25H25N5O3/c1-14(2)32-21-7-6-15(10-17(21)13-27)25-28-24(29-33-25)19-5-3-4-18-20(19)11-16-12-22(31)30(9-8-26)23(16)18/h3-7,10,14,16,23H,8-9,11-12,26H2,1-2H3/t16-,23+/m0/s1. The van der Waals surface area contributed by atoms with E-state index in [4.69, 9.17) is 15.0 Å². The maximum atomic E-state index is 12.4. The molecule has 33 heavy (non-hydrogen) atoms. The average Bonchev–Trinajstić information content (AvgIpc) is 3.49. The molecule has 1 aromatic heterocycles. The molecule has 1 fully saturated rings. The van der Waals surface area contributed by atoms with E-state index >= 15 is 0 Å². The number of nitriles is 1. The number of aromatic nitrogens is 2. The van der Waals surface area contributed by atoms with Gasteiger partial charge in [0.25, 0.3) is 5.89 Å². The summed E-state index contributed by atoms with van der Waals surface area (Å²) in [5, 5.41) is 13.7. The number of benzene rings is 2. The van der Waals surface area contributed by atoms with Gasteiger partial charge in [0.2, 0.25) is 11.7 Å². The zero-order valence-electron chi connectivity index (χ0n) is 18.6. The van der Waals surface area contributed by atoms with Crippen LogP contribution in [0.2, 0.25) is 0 Å². The highest BCUT2D eigenvalue weighted by molar-refractivity contribution is 5.81. The van der Waals surface area contributed by atoms with Crippen LogP contribution in [0.4, 0.5) is 0 Å². The molecule has 0 unspecified atom stereocenters. The Morgan fingerprint density at radius 1 is 1.30 bits per heavy atom. The molecule has 2 aliphatic rings. The van der Waals surface area contributed by atoms with E-state index in [1.54, 1.807) is 12.1 Å². The molecule has 2 aromatic carbocycles. The van der Waals surface area contributed by atoms with Crippen molar-refractivity contribution in [2.75, 3.05) is 13.1 Å². The van der Waals surface area contributed by atoms with Crippen LogP contribution in [0.3, 0.4) is 0 Å². The Morgan fingerprint density at radius 3 is 2.91 bits per heavy atom. The lowest BCUT2D eigenvalue weighted by molar-refractivity contribution is -0.128. The second-order valence-electron chi connectivity index (χ2n) is 8.77. The van der Waals surface area contributed by atoms with E-state index < -0.39 is 0 Å². The zero-order chi connectivity index (χ0) is 23.1. The largest absolute Gasteiger partial charge is 0.490 e. The molecular formula is C25H25N5O3. The minimum absolute atomic E-state index is 0.0336. The molecule has 1 aliphatic carbocycles. The van der Waals surface area contributed by atoms with Gasteiger partial charge in [-0.3, -0.25) is 4.79 Å². The first kappa shape index (κ1) is 21.2. The lowest BCUT2D eigenvalue weighted by Gasteiger charge is -2.24. The maximum Gasteiger partial charge on any atom is 0.258 e. The molecule has 1 aliphatic heterocycles. The average molecular weight is 444 g/mol. The fourth-order valence-corrected chi connectivity index (χ4v) is 5.01. The number of ether oxygens (including phenoxy) is 1. The van der Waals surface area contributed by atoms with Gasteiger partial charge in [-0.15, -0.1) is 0 Å². The van der Waals surface area contributed by atoms with Crippen LogP contribution in [0.15, 0.2) is 40.9 Å². The van der Waals surface area contributed by atoms with Crippen LogP contribution in [0.25, 0.3) is 22.8 Å². The Kier molecular flexibility index (Phi) is 5.35. The van der Waals surface area contributed by atoms with E-state index in [0.717, 1.165) is 23.1 Å². The number of nitrogens with zero attached hydrogens (tertiary/aromatic N) is 4. The van der Waals surface area contributed by atoms with Crippen molar-refractivity contribution in [3.05, 3.63) is 53.1 Å². The van der Waals surface area contributed by atoms with Crippen molar-refractivity contribution in [1.82, 2.24) is 15.0 Å². The summed E-state index contributed by atoms with van der Waals surface area (Å²) in [6.07, 6.45) is 1.30. The molecule has 0 saturated carbocycles. The van der Waals surface area contributed by atoms with Crippen LogP contribution in [0, 0.1) is 17.2 Å². The highest BCUT2D eigenvalue weighted by atomic mass is 16.5. The molecule has 5 rings (SSSR count). The van der Waals surface area contributed by atoms with Crippen LogP contribution >= 0.6 is 0 Å². The molecule has 2 heterocycles. The molecule has 0 radical (unpaired) electrons. The predicted octanol–water partition coefficient (Wildman–Crippen LogP) is 3.47. The molecule has 1 saturated heterocycles. The first-order valence-corrected chi connectivity index (χ1v) is 11.2. The van der Waals surface area contributed by atoms with E-state index in [9.17, 15) is 10.1 Å². The molecule has 0 spiro atoms. The van der Waals surface area contributed by atoms with Crippen molar-refractivity contribution in [3.63, 3.8) is 0 Å². The number of rotatable bonds is 6. The van der Waals surface area contributed by atoms with Gasteiger partial charge in [-0.25, -0.2) is 0 Å². The highest BCUT2D eigenvalue weighted by Gasteiger charge is 2.46. The van der Waals surface area contributed by atoms with Gasteiger partial charge in [0, 0.05) is 30.6 Å². The van der Waals surface area contributed by atoms with Crippen molar-refractivity contribution in [2.24, 2.45) is 11.7 Å². The summed E-state index contributed by atoms with van der Waals surface area (Å²) in [7, 11) is 0. The van der Waals surface area contributed by atoms with Crippen LogP contribution in [-0.2, 0) is 11.2 Å². The second-order valence-corrected chi connectivity index (χ2v) is 8.77. The van der Waals surface area contributed by atoms with Crippen molar-refractivity contribution in [3.8, 4) is 34.7 Å². The monoisotopic (exact) mass is 443 g/mol. The normalized spacial score (nSPS) is 19.0. The summed E-state index contributed by atoms with van der Waals surface area (Å²) in [5.74, 6) is 1.79. The number of nitrogens with two attached hydrogens (primary N) is 1. The van der Waals surface area contributed by atoms with Gasteiger partial charge in [-0.05, 0) is 55.5 Å². The number of likely N-dealkylation sites (tertiary alicyclic amines) is 1. The molecule has 2 N–H and O–H groups in total. The number of fused-ring (bicyclic) bond motifs is 3. The van der Waals surface area contributed by atoms with Crippen molar-refractivity contribution >= 4 is 5.91 Å². The first-order valence-electron chi connectivity index (χ1n) is 11.2. The van der Waals surface area contributed by atoms with Gasteiger partial charge in [0.15, 0.2) is 0 Å². The Balaban J connectivity index is 1.48. The fourth-order valence-electron chi connectivity index (χ4n) is 5.01. The third-order valence-corrected chi connectivity index (χ3v) is 6.28. The van der Waals surface area contributed by atoms with E-state index in [2.05, 4.69) is 22.3 Å². The van der Waals surface area contributed by atoms with E-state index in [0.29, 0.717) is 48.1 Å². The van der Waals surface area contributed by atoms with Gasteiger partial charge in [0.1, 0.15) is 11.8 Å². The summed E-state index contributed by atoms with van der Waals surface area (Å²) in [6, 6.07) is 13.5. The summed E-state index contributed by atoms with van der Waals surface area (Å²) in [6.45, 7) is 4.84. The van der Waals surface area contributed by atoms with E-state index in [1.165, 1.54) is 0 Å². The smallest absolute Gasteiger partial charge is 0.258 e. The van der Waals surface area contributed by atoms with E-state index in [1.807, 2.05) is 36.9 Å². The van der Waals surface area contributed by atoms with Crippen molar-refractivity contribution in [2.45, 2.75) is 38.8 Å². The number of hydrogen-bond acceptors (Lipinski definition) is 7. The SMILES string of the molecule is CC(C)Oc1ccc(-c2nc(-c3cccc4c3C[C@H]3CC(=O)N(CCN)[C@@H]43)no2)cc1C#N. The fraction of sp³-hybridized carbons (Fsp3) is 0.360. The third-order valence-electron chi connectivity index (χ3n) is 6.28. The number of amides is 1. The predicted molar refractivity (Wildman–Crippen MR) is 121 cm³/mol. The molecular weight excluding hydrogens is 418 g/mol. The number of hydrogen-bond donors (Lipinski definition) is 1. The quantitative estimate of drug-likeness (QED) is 0.620. The van der Waals surface area contributed by atoms with Gasteiger partial charge in [-0.1, -0.05) is 23.4 Å². The Morgan fingerprint density at radius 2 is 2.15 bits per heavy atom. The first-order chi connectivity index (χ1) is 16.0. The third kappa shape index (κ3) is 3.64. The van der Waals surface area contributed by atoms with Crippen LogP contribution in [0.1, 0.15) is 43.0 Å². The topological polar surface area (TPSA) is 118 Å². The van der Waals surface area contributed by atoms with Crippen LogP contribution < -0.4 is 10.5 Å². The minimum Gasteiger partial charge on any atom is -0.490 e. The number of carbonyl (C=O) groups is 1. The Bertz CT molecular complexity index is 1260. The van der Waals surface area contributed by atoms with Crippen molar-refractivity contribution in [1.29, 1.82) is 5.26 Å². The van der Waals surface area contributed by atoms with Crippen LogP contribution in [0.5, 0.6) is 5.75 Å². The molecule has 168 valence electrons. The summed E-state index contributed by atoms with van der Waals surface area (Å²) < 4.78 is 11.3. The van der Waals surface area contributed by atoms with Crippen LogP contribution in [-0.4, -0.2) is 40.1 Å². The van der Waals surface area contributed by atoms with Gasteiger partial charge >= 0.3 is 0 Å². The van der Waals surface area contributed by atoms with Gasteiger partial charge in [0.05, 0.1) is 17.7 Å². The minimum atomic E-state index is -0.0336. The Labute approximate surface area is 192 Å². The maximum absolute atomic E-state index is 12.4. The summed E-state index contributed by atoms with van der Waals surface area (Å²) in [5.41, 5.74) is 10.0. The summed E-state index contributed by atoms with van der Waals surface area (Å²) in [4.78, 5) is 19.0. The van der Waals surface area contributed by atoms with Gasteiger partial charge < -0.3 is 19.9 Å². The molecule has 3 aromatic rings. The Hall–Kier alpha value is -3.70. The molecule has 8 heteroatoms. The highest BCUT2D eigenvalue weighted by Crippen LogP contribution is 2.49. The second kappa shape index (κ2) is 8.34. The number of carbonyl (C=O) groups excluding carboxylic acids is 1. The van der Waals surface area contributed by atoms with E-state index in [-0.39, 0.29) is 24.0 Å². The zero-order valence-corrected chi connectivity index (χ0v) is 18.6. The lowest BCUT2D eigenvalue weighted by Crippen LogP contribution is -2.32. The lowest BCUT2D eigenvalue weighted by atomic mass is 10.0. The van der Waals surface area contributed by atoms with Crippen molar-refractivity contribution < 1.29 is 14.1 Å².